The summed E-state index contributed by atoms with van der Waals surface area (Å²) in [5.74, 6) is -0.358. The van der Waals surface area contributed by atoms with E-state index in [-0.39, 0.29) is 11.9 Å². The van der Waals surface area contributed by atoms with Crippen LogP contribution in [0.3, 0.4) is 0 Å². The Bertz CT molecular complexity index is 1040. The van der Waals surface area contributed by atoms with Crippen molar-refractivity contribution in [2.24, 2.45) is 5.73 Å². The molecule has 1 fully saturated rings. The molecule has 2 heterocycles. The van der Waals surface area contributed by atoms with Gasteiger partial charge >= 0.3 is 0 Å². The second-order valence-corrected chi connectivity index (χ2v) is 7.21. The van der Waals surface area contributed by atoms with Crippen molar-refractivity contribution in [1.29, 1.82) is 0 Å². The van der Waals surface area contributed by atoms with Crippen LogP contribution in [0.5, 0.6) is 0 Å². The van der Waals surface area contributed by atoms with Gasteiger partial charge in [-0.25, -0.2) is 14.4 Å². The van der Waals surface area contributed by atoms with Crippen molar-refractivity contribution in [3.8, 4) is 0 Å². The summed E-state index contributed by atoms with van der Waals surface area (Å²) in [7, 11) is 0. The number of hydrogen-bond donors (Lipinski definition) is 2. The monoisotopic (exact) mass is 399 g/mol. The first kappa shape index (κ1) is 18.6. The lowest BCUT2D eigenvalue weighted by Gasteiger charge is -2.35. The fourth-order valence-electron chi connectivity index (χ4n) is 3.39. The van der Waals surface area contributed by atoms with Gasteiger partial charge in [-0.2, -0.15) is 0 Å². The standard InChI is InChI=1S/C20H19ClFN5O/c21-16-9-12(22)5-6-13(16)17(10-27-7-2-8-27)26-20-15-4-1-3-14(19(23)28)18(15)24-11-25-20/h1,3-6,9,11,17H,2,7-8,10H2,(H2,23,28)(H,24,25,26). The van der Waals surface area contributed by atoms with Gasteiger partial charge in [0.15, 0.2) is 0 Å². The first-order valence-electron chi connectivity index (χ1n) is 9.00. The number of nitrogens with one attached hydrogen (secondary N) is 1. The molecule has 2 aromatic carbocycles. The van der Waals surface area contributed by atoms with Gasteiger partial charge in [-0.15, -0.1) is 0 Å². The van der Waals surface area contributed by atoms with Gasteiger partial charge in [0.1, 0.15) is 18.0 Å². The van der Waals surface area contributed by atoms with Crippen LogP contribution < -0.4 is 11.1 Å². The van der Waals surface area contributed by atoms with Crippen molar-refractivity contribution in [2.75, 3.05) is 25.0 Å². The van der Waals surface area contributed by atoms with E-state index in [0.717, 1.165) is 25.1 Å². The predicted octanol–water partition coefficient (Wildman–Crippen LogP) is 3.38. The number of benzene rings is 2. The molecule has 4 rings (SSSR count). The summed E-state index contributed by atoms with van der Waals surface area (Å²) in [6.07, 6.45) is 2.55. The number of likely N-dealkylation sites (tertiary alicyclic amines) is 1. The minimum atomic E-state index is -0.547. The number of aromatic nitrogens is 2. The molecule has 0 aliphatic carbocycles. The summed E-state index contributed by atoms with van der Waals surface area (Å²) >= 11 is 6.33. The highest BCUT2D eigenvalue weighted by atomic mass is 35.5. The van der Waals surface area contributed by atoms with E-state index >= 15 is 0 Å². The van der Waals surface area contributed by atoms with Crippen molar-refractivity contribution < 1.29 is 9.18 Å². The Hall–Kier alpha value is -2.77. The molecule has 1 aliphatic heterocycles. The molecule has 28 heavy (non-hydrogen) atoms. The SMILES string of the molecule is NC(=O)c1cccc2c(NC(CN3CCC3)c3ccc(F)cc3Cl)ncnc12. The van der Waals surface area contributed by atoms with Gasteiger partial charge in [0.05, 0.1) is 17.1 Å². The minimum absolute atomic E-state index is 0.205. The fourth-order valence-corrected chi connectivity index (χ4v) is 3.69. The Morgan fingerprint density at radius 1 is 1.29 bits per heavy atom. The number of nitrogens with zero attached hydrogens (tertiary/aromatic N) is 3. The van der Waals surface area contributed by atoms with Gasteiger partial charge in [-0.1, -0.05) is 23.7 Å². The quantitative estimate of drug-likeness (QED) is 0.663. The summed E-state index contributed by atoms with van der Waals surface area (Å²) in [5.41, 5.74) is 7.08. The van der Waals surface area contributed by atoms with Crippen molar-refractivity contribution in [1.82, 2.24) is 14.9 Å². The van der Waals surface area contributed by atoms with Crippen LogP contribution in [0.1, 0.15) is 28.4 Å². The molecular formula is C20H19ClFN5O. The Morgan fingerprint density at radius 3 is 2.79 bits per heavy atom. The van der Waals surface area contributed by atoms with E-state index < -0.39 is 5.91 Å². The van der Waals surface area contributed by atoms with Crippen LogP contribution in [0.4, 0.5) is 10.2 Å². The maximum Gasteiger partial charge on any atom is 0.250 e. The highest BCUT2D eigenvalue weighted by Crippen LogP contribution is 2.31. The highest BCUT2D eigenvalue weighted by molar-refractivity contribution is 6.31. The number of hydrogen-bond acceptors (Lipinski definition) is 5. The van der Waals surface area contributed by atoms with Crippen molar-refractivity contribution in [3.63, 3.8) is 0 Å². The lowest BCUT2D eigenvalue weighted by atomic mass is 10.0. The smallest absolute Gasteiger partial charge is 0.250 e. The summed E-state index contributed by atoms with van der Waals surface area (Å²) in [6, 6.07) is 9.40. The van der Waals surface area contributed by atoms with Crippen LogP contribution in [0, 0.1) is 5.82 Å². The van der Waals surface area contributed by atoms with Gasteiger partial charge in [-0.3, -0.25) is 4.79 Å². The highest BCUT2D eigenvalue weighted by Gasteiger charge is 2.24. The molecule has 1 aromatic heterocycles. The summed E-state index contributed by atoms with van der Waals surface area (Å²) in [6.45, 7) is 2.72. The number of rotatable bonds is 6. The molecule has 0 radical (unpaired) electrons. The molecule has 0 saturated carbocycles. The molecule has 144 valence electrons. The van der Waals surface area contributed by atoms with Gasteiger partial charge in [0.2, 0.25) is 0 Å². The lowest BCUT2D eigenvalue weighted by molar-refractivity contribution is 0.100. The van der Waals surface area contributed by atoms with Crippen LogP contribution in [-0.4, -0.2) is 40.4 Å². The first-order chi connectivity index (χ1) is 13.5. The van der Waals surface area contributed by atoms with Crippen LogP contribution >= 0.6 is 11.6 Å². The van der Waals surface area contributed by atoms with E-state index in [1.54, 1.807) is 18.2 Å². The number of anilines is 1. The average molecular weight is 400 g/mol. The Balaban J connectivity index is 1.74. The van der Waals surface area contributed by atoms with Gasteiger partial charge in [0.25, 0.3) is 5.91 Å². The molecule has 3 aromatic rings. The Morgan fingerprint density at radius 2 is 2.11 bits per heavy atom. The number of nitrogens with two attached hydrogens (primary N) is 1. The normalized spacial score (nSPS) is 15.2. The first-order valence-corrected chi connectivity index (χ1v) is 9.38. The molecule has 8 heteroatoms. The number of fused-ring (bicyclic) bond motifs is 1. The maximum absolute atomic E-state index is 13.5. The van der Waals surface area contributed by atoms with Gasteiger partial charge in [-0.05, 0) is 49.3 Å². The van der Waals surface area contributed by atoms with E-state index in [1.165, 1.54) is 18.5 Å². The maximum atomic E-state index is 13.5. The number of primary amides is 1. The van der Waals surface area contributed by atoms with E-state index in [4.69, 9.17) is 17.3 Å². The van der Waals surface area contributed by atoms with Crippen LogP contribution in [0.2, 0.25) is 5.02 Å². The van der Waals surface area contributed by atoms with Crippen LogP contribution in [0.15, 0.2) is 42.7 Å². The number of para-hydroxylation sites is 1. The average Bonchev–Trinajstić information content (AvgIpc) is 2.63. The second kappa shape index (κ2) is 7.69. The molecule has 1 saturated heterocycles. The Kier molecular flexibility index (Phi) is 5.11. The summed E-state index contributed by atoms with van der Waals surface area (Å²) < 4.78 is 13.5. The van der Waals surface area contributed by atoms with Crippen molar-refractivity contribution >= 4 is 34.2 Å². The topological polar surface area (TPSA) is 84.1 Å². The molecule has 1 aliphatic rings. The molecule has 1 atom stereocenters. The molecule has 3 N–H and O–H groups in total. The zero-order valence-corrected chi connectivity index (χ0v) is 15.8. The van der Waals surface area contributed by atoms with Crippen LogP contribution in [-0.2, 0) is 0 Å². The van der Waals surface area contributed by atoms with Crippen LogP contribution in [0.25, 0.3) is 10.9 Å². The minimum Gasteiger partial charge on any atom is -0.366 e. The van der Waals surface area contributed by atoms with Gasteiger partial charge in [0, 0.05) is 17.0 Å². The summed E-state index contributed by atoms with van der Waals surface area (Å²) in [4.78, 5) is 22.6. The number of halogens is 2. The molecule has 6 nitrogen and oxygen atoms in total. The lowest BCUT2D eigenvalue weighted by Crippen LogP contribution is -2.41. The summed E-state index contributed by atoms with van der Waals surface area (Å²) in [5, 5.41) is 4.45. The predicted molar refractivity (Wildman–Crippen MR) is 107 cm³/mol. The van der Waals surface area contributed by atoms with E-state index in [9.17, 15) is 9.18 Å². The number of carbonyl (C=O) groups is 1. The van der Waals surface area contributed by atoms with E-state index in [0.29, 0.717) is 33.9 Å². The third-order valence-electron chi connectivity index (χ3n) is 4.97. The third kappa shape index (κ3) is 3.63. The fraction of sp³-hybridized carbons (Fsp3) is 0.250. The third-order valence-corrected chi connectivity index (χ3v) is 5.30. The number of amides is 1. The van der Waals surface area contributed by atoms with Crippen molar-refractivity contribution in [3.05, 3.63) is 64.7 Å². The largest absolute Gasteiger partial charge is 0.366 e. The van der Waals surface area contributed by atoms with Gasteiger partial charge < -0.3 is 16.0 Å². The van der Waals surface area contributed by atoms with E-state index in [2.05, 4.69) is 20.2 Å². The van der Waals surface area contributed by atoms with E-state index in [1.807, 2.05) is 6.07 Å². The number of carbonyl (C=O) groups excluding carboxylic acids is 1. The molecular weight excluding hydrogens is 381 g/mol. The molecule has 1 amide bonds. The second-order valence-electron chi connectivity index (χ2n) is 6.81. The zero-order valence-electron chi connectivity index (χ0n) is 15.0. The molecule has 0 bridgehead atoms. The van der Waals surface area contributed by atoms with Crippen molar-refractivity contribution in [2.45, 2.75) is 12.5 Å². The Labute approximate surface area is 166 Å². The molecule has 0 spiro atoms. The zero-order chi connectivity index (χ0) is 19.7. The molecule has 1 unspecified atom stereocenters.